The Labute approximate surface area is 185 Å². The second kappa shape index (κ2) is 8.13. The number of halogens is 2. The fourth-order valence-electron chi connectivity index (χ4n) is 3.75. The fourth-order valence-corrected chi connectivity index (χ4v) is 4.85. The van der Waals surface area contributed by atoms with Gasteiger partial charge in [-0.15, -0.1) is 0 Å². The second-order valence-corrected chi connectivity index (χ2v) is 8.73. The number of phenols is 1. The third kappa shape index (κ3) is 3.87. The van der Waals surface area contributed by atoms with Gasteiger partial charge in [-0.2, -0.15) is 5.10 Å². The van der Waals surface area contributed by atoms with E-state index in [9.17, 15) is 9.90 Å². The number of nitrogens with zero attached hydrogens (tertiary/aromatic N) is 1. The number of hydrazone groups is 1. The second-order valence-electron chi connectivity index (χ2n) is 7.02. The van der Waals surface area contributed by atoms with Crippen LogP contribution in [0, 0.1) is 5.92 Å². The van der Waals surface area contributed by atoms with E-state index in [1.807, 2.05) is 36.4 Å². The van der Waals surface area contributed by atoms with Crippen LogP contribution in [-0.2, 0) is 10.2 Å². The molecular formula is C23H18Br2N2O2. The van der Waals surface area contributed by atoms with Crippen LogP contribution in [0.3, 0.4) is 0 Å². The van der Waals surface area contributed by atoms with Crippen LogP contribution in [0.4, 0.5) is 0 Å². The van der Waals surface area contributed by atoms with E-state index < -0.39 is 0 Å². The molecule has 0 saturated heterocycles. The lowest BCUT2D eigenvalue weighted by Crippen LogP contribution is -2.25. The van der Waals surface area contributed by atoms with Crippen molar-refractivity contribution in [1.82, 2.24) is 5.43 Å². The van der Waals surface area contributed by atoms with Gasteiger partial charge in [0.2, 0.25) is 5.91 Å². The number of carbonyl (C=O) groups excluding carboxylic acids is 1. The Morgan fingerprint density at radius 3 is 2.17 bits per heavy atom. The van der Waals surface area contributed by atoms with Gasteiger partial charge in [0.25, 0.3) is 0 Å². The molecule has 1 aliphatic rings. The molecular weight excluding hydrogens is 496 g/mol. The molecule has 3 aromatic carbocycles. The van der Waals surface area contributed by atoms with Crippen LogP contribution in [0.1, 0.15) is 23.1 Å². The summed E-state index contributed by atoms with van der Waals surface area (Å²) in [4.78, 5) is 12.9. The quantitative estimate of drug-likeness (QED) is 0.355. The van der Waals surface area contributed by atoms with Crippen molar-refractivity contribution in [3.63, 3.8) is 0 Å². The topological polar surface area (TPSA) is 61.7 Å². The van der Waals surface area contributed by atoms with E-state index in [4.69, 9.17) is 0 Å². The first-order chi connectivity index (χ1) is 14.0. The zero-order valence-electron chi connectivity index (χ0n) is 15.3. The lowest BCUT2D eigenvalue weighted by atomic mass is 9.85. The van der Waals surface area contributed by atoms with Gasteiger partial charge in [-0.3, -0.25) is 4.79 Å². The molecule has 6 heteroatoms. The molecule has 2 N–H and O–H groups in total. The summed E-state index contributed by atoms with van der Waals surface area (Å²) < 4.78 is 1.34. The zero-order valence-corrected chi connectivity index (χ0v) is 18.5. The first-order valence-corrected chi connectivity index (χ1v) is 10.7. The van der Waals surface area contributed by atoms with Crippen molar-refractivity contribution < 1.29 is 9.90 Å². The van der Waals surface area contributed by atoms with Crippen LogP contribution in [0.15, 0.2) is 86.8 Å². The van der Waals surface area contributed by atoms with E-state index in [0.29, 0.717) is 10.0 Å². The van der Waals surface area contributed by atoms with Gasteiger partial charge in [0.15, 0.2) is 0 Å². The summed E-state index contributed by atoms with van der Waals surface area (Å²) >= 11 is 6.69. The standard InChI is InChI=1S/C23H18Br2N2O2/c24-19-12-20(25)21(28)11-15(19)14-26-27-22(29)18-13-23(18,16-7-3-1-4-8-16)17-9-5-2-6-10-17/h1-12,14,18,28H,13H2,(H,27,29)/b26-14-/t18-/m1/s1. The Balaban J connectivity index is 1.54. The molecule has 1 atom stereocenters. The molecule has 0 bridgehead atoms. The van der Waals surface area contributed by atoms with Gasteiger partial charge >= 0.3 is 0 Å². The number of benzene rings is 3. The first-order valence-electron chi connectivity index (χ1n) is 9.14. The molecule has 0 aliphatic heterocycles. The Kier molecular flexibility index (Phi) is 5.56. The number of aromatic hydroxyl groups is 1. The Morgan fingerprint density at radius 2 is 1.59 bits per heavy atom. The predicted octanol–water partition coefficient (Wildman–Crippen LogP) is 5.37. The fraction of sp³-hybridized carbons (Fsp3) is 0.130. The number of amides is 1. The van der Waals surface area contributed by atoms with Gasteiger partial charge in [0.1, 0.15) is 5.75 Å². The summed E-state index contributed by atoms with van der Waals surface area (Å²) in [5.74, 6) is -0.201. The minimum absolute atomic E-state index is 0.107. The summed E-state index contributed by atoms with van der Waals surface area (Å²) in [7, 11) is 0. The van der Waals surface area contributed by atoms with Gasteiger partial charge in [0.05, 0.1) is 16.6 Å². The predicted molar refractivity (Wildman–Crippen MR) is 121 cm³/mol. The van der Waals surface area contributed by atoms with Gasteiger partial charge in [-0.25, -0.2) is 5.43 Å². The highest BCUT2D eigenvalue weighted by molar-refractivity contribution is 9.11. The van der Waals surface area contributed by atoms with Crippen LogP contribution in [0.5, 0.6) is 5.75 Å². The highest BCUT2D eigenvalue weighted by Gasteiger charge is 2.60. The van der Waals surface area contributed by atoms with E-state index in [-0.39, 0.29) is 23.0 Å². The van der Waals surface area contributed by atoms with Crippen LogP contribution in [-0.4, -0.2) is 17.2 Å². The van der Waals surface area contributed by atoms with Gasteiger partial charge in [0, 0.05) is 15.5 Å². The Morgan fingerprint density at radius 1 is 1.00 bits per heavy atom. The highest BCUT2D eigenvalue weighted by Crippen LogP contribution is 2.58. The van der Waals surface area contributed by atoms with Crippen molar-refractivity contribution in [3.8, 4) is 5.75 Å². The van der Waals surface area contributed by atoms with Crippen molar-refractivity contribution in [1.29, 1.82) is 0 Å². The third-order valence-corrected chi connectivity index (χ3v) is 6.62. The summed E-state index contributed by atoms with van der Waals surface area (Å²) in [6.07, 6.45) is 2.26. The summed E-state index contributed by atoms with van der Waals surface area (Å²) in [6.45, 7) is 0. The van der Waals surface area contributed by atoms with E-state index in [0.717, 1.165) is 22.0 Å². The van der Waals surface area contributed by atoms with Gasteiger partial charge in [-0.1, -0.05) is 76.6 Å². The first kappa shape index (κ1) is 19.9. The van der Waals surface area contributed by atoms with Crippen LogP contribution in [0.25, 0.3) is 0 Å². The van der Waals surface area contributed by atoms with E-state index in [2.05, 4.69) is 66.7 Å². The molecule has 0 radical (unpaired) electrons. The molecule has 1 aliphatic carbocycles. The minimum Gasteiger partial charge on any atom is -0.507 e. The van der Waals surface area contributed by atoms with Gasteiger partial charge < -0.3 is 5.11 Å². The molecule has 0 spiro atoms. The van der Waals surface area contributed by atoms with E-state index >= 15 is 0 Å². The monoisotopic (exact) mass is 512 g/mol. The van der Waals surface area contributed by atoms with Crippen molar-refractivity contribution in [2.24, 2.45) is 11.0 Å². The van der Waals surface area contributed by atoms with Crippen LogP contribution in [0.2, 0.25) is 0 Å². The van der Waals surface area contributed by atoms with E-state index in [1.165, 1.54) is 6.21 Å². The molecule has 4 nitrogen and oxygen atoms in total. The smallest absolute Gasteiger partial charge is 0.244 e. The maximum Gasteiger partial charge on any atom is 0.244 e. The molecule has 0 unspecified atom stereocenters. The molecule has 1 amide bonds. The molecule has 0 heterocycles. The average molecular weight is 514 g/mol. The number of hydrogen-bond acceptors (Lipinski definition) is 3. The van der Waals surface area contributed by atoms with Crippen molar-refractivity contribution in [2.75, 3.05) is 0 Å². The summed E-state index contributed by atoms with van der Waals surface area (Å²) in [6, 6.07) is 23.6. The normalized spacial score (nSPS) is 17.2. The number of hydrogen-bond donors (Lipinski definition) is 2. The highest BCUT2D eigenvalue weighted by atomic mass is 79.9. The van der Waals surface area contributed by atoms with E-state index in [1.54, 1.807) is 12.1 Å². The number of rotatable bonds is 5. The van der Waals surface area contributed by atoms with Crippen molar-refractivity contribution in [2.45, 2.75) is 11.8 Å². The summed E-state index contributed by atoms with van der Waals surface area (Å²) in [5, 5.41) is 13.9. The SMILES string of the molecule is O=C(N/N=C\c1cc(O)c(Br)cc1Br)[C@H]1CC1(c1ccccc1)c1ccccc1. The molecule has 3 aromatic rings. The van der Waals surface area contributed by atoms with Crippen molar-refractivity contribution >= 4 is 44.0 Å². The molecule has 29 heavy (non-hydrogen) atoms. The molecule has 146 valence electrons. The average Bonchev–Trinajstić information content (AvgIpc) is 3.50. The van der Waals surface area contributed by atoms with Crippen molar-refractivity contribution in [3.05, 3.63) is 98.4 Å². The molecule has 0 aromatic heterocycles. The minimum atomic E-state index is -0.321. The third-order valence-electron chi connectivity index (χ3n) is 5.30. The zero-order chi connectivity index (χ0) is 20.4. The maximum atomic E-state index is 12.9. The largest absolute Gasteiger partial charge is 0.507 e. The Hall–Kier alpha value is -2.44. The number of carbonyl (C=O) groups is 1. The molecule has 1 saturated carbocycles. The lowest BCUT2D eigenvalue weighted by Gasteiger charge is -2.18. The lowest BCUT2D eigenvalue weighted by molar-refractivity contribution is -0.122. The Bertz CT molecular complexity index is 1030. The maximum absolute atomic E-state index is 12.9. The molecule has 1 fully saturated rings. The summed E-state index contributed by atoms with van der Waals surface area (Å²) in [5.41, 5.74) is 5.28. The number of phenolic OH excluding ortho intramolecular Hbond substituents is 1. The van der Waals surface area contributed by atoms with Gasteiger partial charge in [-0.05, 0) is 45.6 Å². The number of nitrogens with one attached hydrogen (secondary N) is 1. The van der Waals surface area contributed by atoms with Crippen LogP contribution >= 0.6 is 31.9 Å². The van der Waals surface area contributed by atoms with Crippen LogP contribution < -0.4 is 5.43 Å². The molecule has 4 rings (SSSR count).